The molecular weight excluding hydrogens is 404 g/mol. The number of carbonyl (C=O) groups is 1. The standard InChI is InChI=1S/C27H24O3S/c1-17(2)19(5)29-25-15-12-23(16-26(25)31)22-8-6-20(7-9-22)21-10-13-24(14-11-21)30-27(28)18(3)4/h6-16,31H,1,3,5H2,2,4H3. The minimum absolute atomic E-state index is 0.365. The molecule has 0 spiro atoms. The monoisotopic (exact) mass is 428 g/mol. The Hall–Kier alpha value is -3.50. The number of carbonyl (C=O) groups excluding carboxylic acids is 1. The smallest absolute Gasteiger partial charge is 0.338 e. The van der Waals surface area contributed by atoms with Crippen LogP contribution in [-0.2, 0) is 4.79 Å². The molecule has 0 aromatic heterocycles. The van der Waals surface area contributed by atoms with Crippen LogP contribution in [0, 0.1) is 0 Å². The molecule has 0 unspecified atom stereocenters. The van der Waals surface area contributed by atoms with E-state index in [1.54, 1.807) is 19.1 Å². The molecule has 0 N–H and O–H groups in total. The second kappa shape index (κ2) is 9.54. The van der Waals surface area contributed by atoms with Crippen molar-refractivity contribution in [2.75, 3.05) is 0 Å². The van der Waals surface area contributed by atoms with E-state index in [0.29, 0.717) is 22.8 Å². The third-order valence-corrected chi connectivity index (χ3v) is 4.98. The fourth-order valence-corrected chi connectivity index (χ4v) is 3.03. The van der Waals surface area contributed by atoms with Gasteiger partial charge in [0.25, 0.3) is 0 Å². The highest BCUT2D eigenvalue weighted by molar-refractivity contribution is 7.80. The van der Waals surface area contributed by atoms with Crippen molar-refractivity contribution in [2.24, 2.45) is 0 Å². The summed E-state index contributed by atoms with van der Waals surface area (Å²) in [6.07, 6.45) is 0. The van der Waals surface area contributed by atoms with Crippen LogP contribution < -0.4 is 9.47 Å². The van der Waals surface area contributed by atoms with Crippen LogP contribution in [-0.4, -0.2) is 5.97 Å². The summed E-state index contributed by atoms with van der Waals surface area (Å²) in [5.41, 5.74) is 5.32. The third-order valence-electron chi connectivity index (χ3n) is 4.63. The maximum absolute atomic E-state index is 11.6. The van der Waals surface area contributed by atoms with Gasteiger partial charge in [-0.3, -0.25) is 0 Å². The van der Waals surface area contributed by atoms with Gasteiger partial charge in [0, 0.05) is 10.5 Å². The third kappa shape index (κ3) is 5.56. The van der Waals surface area contributed by atoms with Crippen molar-refractivity contribution in [2.45, 2.75) is 18.7 Å². The summed E-state index contributed by atoms with van der Waals surface area (Å²) >= 11 is 4.55. The van der Waals surface area contributed by atoms with Gasteiger partial charge in [-0.2, -0.15) is 0 Å². The highest BCUT2D eigenvalue weighted by atomic mass is 32.1. The first-order chi connectivity index (χ1) is 14.7. The Kier molecular flexibility index (Phi) is 6.83. The zero-order valence-corrected chi connectivity index (χ0v) is 18.5. The number of allylic oxidation sites excluding steroid dienone is 1. The van der Waals surface area contributed by atoms with E-state index in [-0.39, 0.29) is 0 Å². The van der Waals surface area contributed by atoms with Gasteiger partial charge in [-0.15, -0.1) is 12.6 Å². The molecule has 0 bridgehead atoms. The summed E-state index contributed by atoms with van der Waals surface area (Å²) in [5, 5.41) is 0. The lowest BCUT2D eigenvalue weighted by Gasteiger charge is -2.12. The molecule has 0 saturated heterocycles. The van der Waals surface area contributed by atoms with Crippen LogP contribution in [0.1, 0.15) is 13.8 Å². The van der Waals surface area contributed by atoms with Crippen LogP contribution in [0.4, 0.5) is 0 Å². The van der Waals surface area contributed by atoms with Gasteiger partial charge in [0.1, 0.15) is 17.3 Å². The van der Waals surface area contributed by atoms with Crippen LogP contribution in [0.2, 0.25) is 0 Å². The summed E-state index contributed by atoms with van der Waals surface area (Å²) in [7, 11) is 0. The molecule has 0 aliphatic heterocycles. The fourth-order valence-electron chi connectivity index (χ4n) is 2.77. The number of hydrogen-bond donors (Lipinski definition) is 1. The molecule has 4 heteroatoms. The normalized spacial score (nSPS) is 10.3. The Morgan fingerprint density at radius 1 is 0.710 bits per heavy atom. The van der Waals surface area contributed by atoms with Crippen LogP contribution in [0.3, 0.4) is 0 Å². The second-order valence-electron chi connectivity index (χ2n) is 7.26. The van der Waals surface area contributed by atoms with Gasteiger partial charge >= 0.3 is 5.97 Å². The zero-order chi connectivity index (χ0) is 22.5. The first kappa shape index (κ1) is 22.2. The van der Waals surface area contributed by atoms with E-state index in [4.69, 9.17) is 9.47 Å². The predicted molar refractivity (Wildman–Crippen MR) is 130 cm³/mol. The molecule has 3 nitrogen and oxygen atoms in total. The van der Waals surface area contributed by atoms with Gasteiger partial charge < -0.3 is 9.47 Å². The number of benzene rings is 3. The lowest BCUT2D eigenvalue weighted by atomic mass is 10.0. The largest absolute Gasteiger partial charge is 0.457 e. The van der Waals surface area contributed by atoms with Crippen molar-refractivity contribution >= 4 is 18.6 Å². The van der Waals surface area contributed by atoms with Crippen molar-refractivity contribution < 1.29 is 14.3 Å². The Morgan fingerprint density at radius 2 is 1.19 bits per heavy atom. The molecular formula is C27H24O3S. The molecule has 31 heavy (non-hydrogen) atoms. The van der Waals surface area contributed by atoms with Crippen LogP contribution >= 0.6 is 12.6 Å². The summed E-state index contributed by atoms with van der Waals surface area (Å²) in [6.45, 7) is 14.7. The molecule has 0 heterocycles. The number of hydrogen-bond acceptors (Lipinski definition) is 4. The van der Waals surface area contributed by atoms with Crippen LogP contribution in [0.15, 0.2) is 108 Å². The lowest BCUT2D eigenvalue weighted by Crippen LogP contribution is -2.07. The van der Waals surface area contributed by atoms with E-state index in [1.165, 1.54) is 0 Å². The summed E-state index contributed by atoms with van der Waals surface area (Å²) in [4.78, 5) is 12.3. The molecule has 3 aromatic carbocycles. The zero-order valence-electron chi connectivity index (χ0n) is 17.6. The average molecular weight is 429 g/mol. The maximum Gasteiger partial charge on any atom is 0.338 e. The minimum Gasteiger partial charge on any atom is -0.457 e. The summed E-state index contributed by atoms with van der Waals surface area (Å²) in [5.74, 6) is 1.23. The van der Waals surface area contributed by atoms with E-state index in [2.05, 4.69) is 56.6 Å². The van der Waals surface area contributed by atoms with E-state index < -0.39 is 5.97 Å². The molecule has 0 atom stereocenters. The van der Waals surface area contributed by atoms with E-state index in [9.17, 15) is 4.79 Å². The Labute approximate surface area is 188 Å². The molecule has 0 radical (unpaired) electrons. The molecule has 0 amide bonds. The van der Waals surface area contributed by atoms with Gasteiger partial charge in [0.2, 0.25) is 0 Å². The second-order valence-corrected chi connectivity index (χ2v) is 7.74. The van der Waals surface area contributed by atoms with Crippen molar-refractivity contribution in [3.8, 4) is 33.8 Å². The molecule has 0 saturated carbocycles. The van der Waals surface area contributed by atoms with E-state index in [0.717, 1.165) is 32.7 Å². The molecule has 3 rings (SSSR count). The van der Waals surface area contributed by atoms with Crippen molar-refractivity contribution in [3.63, 3.8) is 0 Å². The fraction of sp³-hybridized carbons (Fsp3) is 0.0741. The summed E-state index contributed by atoms with van der Waals surface area (Å²) in [6, 6.07) is 21.4. The van der Waals surface area contributed by atoms with Crippen LogP contribution in [0.5, 0.6) is 11.5 Å². The summed E-state index contributed by atoms with van der Waals surface area (Å²) < 4.78 is 10.9. The van der Waals surface area contributed by atoms with Gasteiger partial charge in [-0.25, -0.2) is 4.79 Å². The first-order valence-electron chi connectivity index (χ1n) is 9.69. The van der Waals surface area contributed by atoms with Gasteiger partial charge in [-0.1, -0.05) is 62.2 Å². The maximum atomic E-state index is 11.6. The number of esters is 1. The minimum atomic E-state index is -0.430. The number of ether oxygens (including phenoxy) is 2. The molecule has 0 aliphatic rings. The number of rotatable bonds is 7. The Balaban J connectivity index is 1.75. The molecule has 156 valence electrons. The molecule has 0 fully saturated rings. The van der Waals surface area contributed by atoms with Gasteiger partial charge in [0.05, 0.1) is 0 Å². The number of thiol groups is 1. The Morgan fingerprint density at radius 3 is 1.68 bits per heavy atom. The van der Waals surface area contributed by atoms with Crippen molar-refractivity contribution in [3.05, 3.63) is 103 Å². The molecule has 0 aliphatic carbocycles. The average Bonchev–Trinajstić information content (AvgIpc) is 2.75. The van der Waals surface area contributed by atoms with Gasteiger partial charge in [0.15, 0.2) is 0 Å². The quantitative estimate of drug-likeness (QED) is 0.107. The molecule has 3 aromatic rings. The van der Waals surface area contributed by atoms with Crippen molar-refractivity contribution in [1.82, 2.24) is 0 Å². The van der Waals surface area contributed by atoms with Crippen LogP contribution in [0.25, 0.3) is 22.3 Å². The SMILES string of the molecule is C=C(C)C(=C)Oc1ccc(-c2ccc(-c3ccc(OC(=O)C(=C)C)cc3)cc2)cc1S. The predicted octanol–water partition coefficient (Wildman–Crippen LogP) is 7.26. The highest BCUT2D eigenvalue weighted by Gasteiger charge is 2.08. The first-order valence-corrected chi connectivity index (χ1v) is 10.1. The van der Waals surface area contributed by atoms with Gasteiger partial charge in [-0.05, 0) is 65.9 Å². The van der Waals surface area contributed by atoms with Crippen molar-refractivity contribution in [1.29, 1.82) is 0 Å². The Bertz CT molecular complexity index is 1160. The van der Waals surface area contributed by atoms with E-state index in [1.807, 2.05) is 37.3 Å². The highest BCUT2D eigenvalue weighted by Crippen LogP contribution is 2.32. The van der Waals surface area contributed by atoms with E-state index >= 15 is 0 Å². The topological polar surface area (TPSA) is 35.5 Å². The lowest BCUT2D eigenvalue weighted by molar-refractivity contribution is -0.130.